The maximum Gasteiger partial charge on any atom is 0.306 e. The molecule has 0 rings (SSSR count). The predicted molar refractivity (Wildman–Crippen MR) is 394 cm³/mol. The minimum atomic E-state index is -4.72. The van der Waals surface area contributed by atoms with Crippen molar-refractivity contribution >= 4 is 19.7 Å². The van der Waals surface area contributed by atoms with Crippen LogP contribution in [0.2, 0.25) is 0 Å². The molecule has 0 fully saturated rings. The highest BCUT2D eigenvalue weighted by atomic mass is 31.2. The number of likely N-dealkylation sites (N-methyl/N-ethyl adjacent to an activating group) is 1. The smallest absolute Gasteiger partial charge is 0.306 e. The molecule has 9 nitrogen and oxygen atoms in total. The molecule has 0 radical (unpaired) electrons. The topological polar surface area (TPSA) is 114 Å². The first-order chi connectivity index (χ1) is 44.4. The number of carbonyl (C=O) groups excluding carboxylic acids is 2. The molecule has 0 saturated heterocycles. The van der Waals surface area contributed by atoms with Crippen LogP contribution in [-0.2, 0) is 27.9 Å². The Morgan fingerprint density at radius 1 is 0.396 bits per heavy atom. The van der Waals surface area contributed by atoms with Crippen LogP contribution in [0, 0.1) is 0 Å². The molecule has 0 saturated carbocycles. The van der Waals surface area contributed by atoms with E-state index < -0.39 is 26.6 Å². The van der Waals surface area contributed by atoms with Crippen molar-refractivity contribution in [2.75, 3.05) is 40.9 Å². The summed E-state index contributed by atoms with van der Waals surface area (Å²) in [6, 6.07) is -0.905. The van der Waals surface area contributed by atoms with Gasteiger partial charge in [0.25, 0.3) is 7.82 Å². The van der Waals surface area contributed by atoms with Gasteiger partial charge < -0.3 is 28.5 Å². The Morgan fingerprint density at radius 2 is 0.703 bits per heavy atom. The number of unbranched alkanes of at least 4 members (excludes halogenated alkanes) is 28. The van der Waals surface area contributed by atoms with Crippen LogP contribution in [0.4, 0.5) is 0 Å². The van der Waals surface area contributed by atoms with Crippen LogP contribution in [0.1, 0.15) is 303 Å². The molecule has 91 heavy (non-hydrogen) atoms. The lowest BCUT2D eigenvalue weighted by molar-refractivity contribution is -0.870. The summed E-state index contributed by atoms with van der Waals surface area (Å²) in [4.78, 5) is 40.2. The fraction of sp³-hybridized carbons (Fsp3) is 0.679. The number of phosphoric acid groups is 1. The van der Waals surface area contributed by atoms with E-state index in [9.17, 15) is 19.0 Å². The van der Waals surface area contributed by atoms with Gasteiger partial charge in [-0.1, -0.05) is 308 Å². The number of amides is 1. The Balaban J connectivity index is 5.01. The van der Waals surface area contributed by atoms with Crippen molar-refractivity contribution in [2.24, 2.45) is 0 Å². The van der Waals surface area contributed by atoms with Gasteiger partial charge in [-0.25, -0.2) is 0 Å². The zero-order valence-corrected chi connectivity index (χ0v) is 60.4. The average Bonchev–Trinajstić information content (AvgIpc) is 3.03. The molecule has 0 aliphatic rings. The summed E-state index contributed by atoms with van der Waals surface area (Å²) in [5.74, 6) is -0.558. The lowest BCUT2D eigenvalue weighted by Gasteiger charge is -2.30. The number of hydrogen-bond acceptors (Lipinski definition) is 7. The SMILES string of the molecule is CC/C=C\C/C=C\C/C=C\C/C=C\C/C=C\C/C=C\CCCCCCCCCCC(=O)OC(/C=C/CCCCCCCCCCC)C(COP(=O)([O-])OCC[N+](C)(C)C)NC(=O)CCCCCCCCCCCCC/C=C\C/C=C\C/C=C\C/C=C\C/C=C\CC. The number of phosphoric ester groups is 1. The molecule has 1 amide bonds. The van der Waals surface area contributed by atoms with Crippen LogP contribution >= 0.6 is 7.82 Å². The Bertz CT molecular complexity index is 2070. The Hall–Kier alpha value is -4.11. The average molecular weight is 1280 g/mol. The second-order valence-electron chi connectivity index (χ2n) is 25.7. The van der Waals surface area contributed by atoms with Gasteiger partial charge in [-0.3, -0.25) is 14.2 Å². The van der Waals surface area contributed by atoms with Crippen molar-refractivity contribution in [2.45, 2.75) is 315 Å². The molecule has 0 heterocycles. The van der Waals surface area contributed by atoms with Crippen molar-refractivity contribution in [3.05, 3.63) is 146 Å². The highest BCUT2D eigenvalue weighted by molar-refractivity contribution is 7.45. The van der Waals surface area contributed by atoms with E-state index in [-0.39, 0.29) is 24.9 Å². The first-order valence-corrected chi connectivity index (χ1v) is 38.6. The Morgan fingerprint density at radius 3 is 1.05 bits per heavy atom. The molecule has 0 spiro atoms. The maximum atomic E-state index is 13.6. The van der Waals surface area contributed by atoms with E-state index in [1.54, 1.807) is 0 Å². The van der Waals surface area contributed by atoms with Crippen LogP contribution in [0.15, 0.2) is 146 Å². The van der Waals surface area contributed by atoms with Crippen LogP contribution in [0.3, 0.4) is 0 Å². The van der Waals surface area contributed by atoms with Gasteiger partial charge in [0.05, 0.1) is 33.8 Å². The largest absolute Gasteiger partial charge is 0.756 e. The minimum absolute atomic E-state index is 0.0313. The summed E-state index contributed by atoms with van der Waals surface area (Å²) >= 11 is 0. The lowest BCUT2D eigenvalue weighted by atomic mass is 10.0. The molecule has 10 heteroatoms. The predicted octanol–water partition coefficient (Wildman–Crippen LogP) is 23.5. The van der Waals surface area contributed by atoms with Gasteiger partial charge in [-0.05, 0) is 128 Å². The third kappa shape index (κ3) is 70.1. The number of carbonyl (C=O) groups is 2. The Labute approximate surface area is 561 Å². The van der Waals surface area contributed by atoms with E-state index in [4.69, 9.17) is 13.8 Å². The summed E-state index contributed by atoms with van der Waals surface area (Å²) < 4.78 is 30.5. The molecule has 0 aliphatic heterocycles. The number of nitrogens with one attached hydrogen (secondary N) is 1. The van der Waals surface area contributed by atoms with Gasteiger partial charge in [-0.2, -0.15) is 0 Å². The zero-order valence-electron chi connectivity index (χ0n) is 59.5. The highest BCUT2D eigenvalue weighted by Gasteiger charge is 2.27. The van der Waals surface area contributed by atoms with Crippen molar-refractivity contribution in [3.8, 4) is 0 Å². The molecule has 0 aliphatic carbocycles. The summed E-state index contributed by atoms with van der Waals surface area (Å²) in [5, 5.41) is 3.04. The maximum absolute atomic E-state index is 13.6. The van der Waals surface area contributed by atoms with Crippen LogP contribution in [-0.4, -0.2) is 69.4 Å². The molecular weight excluding hydrogens is 1140 g/mol. The number of ether oxygens (including phenoxy) is 1. The van der Waals surface area contributed by atoms with E-state index in [2.05, 4.69) is 160 Å². The summed E-state index contributed by atoms with van der Waals surface area (Å²) in [5.41, 5.74) is 0. The normalized spacial score (nSPS) is 14.3. The van der Waals surface area contributed by atoms with Gasteiger partial charge in [0, 0.05) is 12.8 Å². The van der Waals surface area contributed by atoms with E-state index in [0.717, 1.165) is 148 Å². The second-order valence-corrected chi connectivity index (χ2v) is 27.1. The molecule has 3 atom stereocenters. The van der Waals surface area contributed by atoms with E-state index >= 15 is 0 Å². The third-order valence-corrected chi connectivity index (χ3v) is 16.7. The zero-order chi connectivity index (χ0) is 66.3. The first-order valence-electron chi connectivity index (χ1n) is 37.1. The number of quaternary nitrogens is 1. The third-order valence-electron chi connectivity index (χ3n) is 15.8. The van der Waals surface area contributed by atoms with E-state index in [0.29, 0.717) is 23.9 Å². The standard InChI is InChI=1S/C81H139N2O7P/c1-7-10-13-16-19-22-25-27-29-31-33-35-37-39-41-43-45-47-49-51-53-55-58-61-64-67-70-73-80(84)82-78(77-89-91(86,87)88-76-75-83(4,5)6)79(72-69-66-63-60-57-24-21-18-15-12-9-3)90-81(85)74-71-68-65-62-59-56-54-52-50-48-46-44-42-40-38-36-34-32-30-28-26-23-20-17-14-11-8-2/h10-11,13-14,19-20,22-23,27-30,33-36,39-42,46,48,69,72,78-79H,7-9,12,15-18,21,24-26,31-32,37-38,43-45,47,49-68,70-71,73-77H2,1-6H3,(H-,82,84,86,87)/b13-10-,14-11-,22-19-,23-20-,29-27-,30-28-,35-33-,36-34-,41-39-,42-40-,48-46-,72-69+. The molecule has 0 aromatic heterocycles. The molecular formula is C81H139N2O7P. The van der Waals surface area contributed by atoms with Crippen LogP contribution < -0.4 is 10.2 Å². The summed E-state index contributed by atoms with van der Waals surface area (Å²) in [6.07, 6.45) is 99.8. The lowest BCUT2D eigenvalue weighted by Crippen LogP contribution is -2.47. The fourth-order valence-corrected chi connectivity index (χ4v) is 10.9. The van der Waals surface area contributed by atoms with Crippen molar-refractivity contribution in [1.29, 1.82) is 0 Å². The van der Waals surface area contributed by atoms with Crippen molar-refractivity contribution in [3.63, 3.8) is 0 Å². The van der Waals surface area contributed by atoms with E-state index in [1.165, 1.54) is 116 Å². The number of esters is 1. The molecule has 0 aromatic rings. The van der Waals surface area contributed by atoms with Crippen molar-refractivity contribution < 1.29 is 37.3 Å². The number of rotatable bonds is 66. The van der Waals surface area contributed by atoms with Crippen LogP contribution in [0.25, 0.3) is 0 Å². The molecule has 1 N–H and O–H groups in total. The molecule has 0 bridgehead atoms. The van der Waals surface area contributed by atoms with Gasteiger partial charge in [0.15, 0.2) is 0 Å². The van der Waals surface area contributed by atoms with Gasteiger partial charge in [-0.15, -0.1) is 0 Å². The first kappa shape index (κ1) is 86.9. The number of nitrogens with zero attached hydrogens (tertiary/aromatic N) is 1. The minimum Gasteiger partial charge on any atom is -0.756 e. The van der Waals surface area contributed by atoms with Gasteiger partial charge >= 0.3 is 5.97 Å². The van der Waals surface area contributed by atoms with Gasteiger partial charge in [0.2, 0.25) is 5.91 Å². The van der Waals surface area contributed by atoms with Crippen molar-refractivity contribution in [1.82, 2.24) is 5.32 Å². The van der Waals surface area contributed by atoms with Gasteiger partial charge in [0.1, 0.15) is 19.3 Å². The van der Waals surface area contributed by atoms with E-state index in [1.807, 2.05) is 33.3 Å². The summed E-state index contributed by atoms with van der Waals surface area (Å²) in [7, 11) is 1.16. The monoisotopic (exact) mass is 1280 g/mol. The number of allylic oxidation sites excluding steroid dienone is 23. The number of hydrogen-bond donors (Lipinski definition) is 1. The highest BCUT2D eigenvalue weighted by Crippen LogP contribution is 2.38. The quantitative estimate of drug-likeness (QED) is 0.0212. The summed E-state index contributed by atoms with van der Waals surface area (Å²) in [6.45, 7) is 6.61. The fourth-order valence-electron chi connectivity index (χ4n) is 10.1. The molecule has 520 valence electrons. The van der Waals surface area contributed by atoms with Crippen LogP contribution in [0.5, 0.6) is 0 Å². The molecule has 0 aromatic carbocycles. The second kappa shape index (κ2) is 68.7. The molecule has 3 unspecified atom stereocenters. The Kier molecular flexibility index (Phi) is 65.6.